The summed E-state index contributed by atoms with van der Waals surface area (Å²) in [5, 5.41) is 0. The molecule has 0 aliphatic rings. The van der Waals surface area contributed by atoms with Gasteiger partial charge in [0.15, 0.2) is 0 Å². The first kappa shape index (κ1) is 9.60. The summed E-state index contributed by atoms with van der Waals surface area (Å²) >= 11 is 0. The fraction of sp³-hybridized carbons (Fsp3) is 0.875. The van der Waals surface area contributed by atoms with Crippen molar-refractivity contribution in [3.63, 3.8) is 0 Å². The number of hydrogen-bond donors (Lipinski definition) is 0. The molecule has 1 nitrogen and oxygen atoms in total. The zero-order chi connectivity index (χ0) is 8.15. The van der Waals surface area contributed by atoms with E-state index in [0.29, 0.717) is 12.3 Å². The van der Waals surface area contributed by atoms with Gasteiger partial charge in [-0.1, -0.05) is 27.2 Å². The highest BCUT2D eigenvalue weighted by Crippen LogP contribution is 2.12. The van der Waals surface area contributed by atoms with Gasteiger partial charge in [-0.2, -0.15) is 4.39 Å². The van der Waals surface area contributed by atoms with Crippen LogP contribution in [0.1, 0.15) is 33.6 Å². The molecule has 0 aliphatic heterocycles. The standard InChI is InChI=1S/C8H15FO/c1-6(2)4-5-7(3)8(9)10/h6-7H,4-5H2,1-3H3/t7-/m0/s1. The third-order valence-electron chi connectivity index (χ3n) is 1.56. The quantitative estimate of drug-likeness (QED) is 0.557. The van der Waals surface area contributed by atoms with E-state index in [2.05, 4.69) is 13.8 Å². The van der Waals surface area contributed by atoms with Crippen molar-refractivity contribution in [3.05, 3.63) is 0 Å². The number of carbonyl (C=O) groups excluding carboxylic acids is 1. The average molecular weight is 146 g/mol. The van der Waals surface area contributed by atoms with Crippen LogP contribution in [-0.2, 0) is 4.79 Å². The predicted octanol–water partition coefficient (Wildman–Crippen LogP) is 2.55. The van der Waals surface area contributed by atoms with Gasteiger partial charge >= 0.3 is 6.04 Å². The molecular weight excluding hydrogens is 131 g/mol. The first-order valence-corrected chi connectivity index (χ1v) is 3.73. The summed E-state index contributed by atoms with van der Waals surface area (Å²) in [6.07, 6.45) is 1.60. The molecule has 0 saturated heterocycles. The molecule has 0 bridgehead atoms. The van der Waals surface area contributed by atoms with Gasteiger partial charge in [0, 0.05) is 5.92 Å². The summed E-state index contributed by atoms with van der Waals surface area (Å²) in [6, 6.07) is -1.18. The van der Waals surface area contributed by atoms with Gasteiger partial charge in [-0.15, -0.1) is 0 Å². The molecule has 60 valence electrons. The molecule has 0 rings (SSSR count). The molecule has 0 radical (unpaired) electrons. The summed E-state index contributed by atoms with van der Waals surface area (Å²) in [4.78, 5) is 10.1. The van der Waals surface area contributed by atoms with Gasteiger partial charge in [0.1, 0.15) is 0 Å². The van der Waals surface area contributed by atoms with Crippen LogP contribution in [0.25, 0.3) is 0 Å². The molecule has 0 saturated carbocycles. The highest BCUT2D eigenvalue weighted by molar-refractivity contribution is 5.70. The second-order valence-corrected chi connectivity index (χ2v) is 3.18. The van der Waals surface area contributed by atoms with Crippen molar-refractivity contribution in [1.29, 1.82) is 0 Å². The maximum absolute atomic E-state index is 11.9. The Labute approximate surface area is 61.6 Å². The molecule has 0 aromatic rings. The van der Waals surface area contributed by atoms with Crippen molar-refractivity contribution in [2.75, 3.05) is 0 Å². The Balaban J connectivity index is 3.40. The van der Waals surface area contributed by atoms with E-state index >= 15 is 0 Å². The van der Waals surface area contributed by atoms with Gasteiger partial charge < -0.3 is 0 Å². The van der Waals surface area contributed by atoms with Gasteiger partial charge in [0.2, 0.25) is 0 Å². The summed E-state index contributed by atoms with van der Waals surface area (Å²) in [7, 11) is 0. The Morgan fingerprint density at radius 2 is 1.80 bits per heavy atom. The van der Waals surface area contributed by atoms with Crippen molar-refractivity contribution in [2.45, 2.75) is 33.6 Å². The second-order valence-electron chi connectivity index (χ2n) is 3.18. The summed E-state index contributed by atoms with van der Waals surface area (Å²) < 4.78 is 11.9. The Morgan fingerprint density at radius 1 is 1.30 bits per heavy atom. The van der Waals surface area contributed by atoms with Crippen molar-refractivity contribution < 1.29 is 9.18 Å². The molecule has 2 heteroatoms. The minimum atomic E-state index is -1.18. The van der Waals surface area contributed by atoms with Crippen LogP contribution in [-0.4, -0.2) is 6.04 Å². The topological polar surface area (TPSA) is 17.1 Å². The van der Waals surface area contributed by atoms with E-state index in [0.717, 1.165) is 6.42 Å². The largest absolute Gasteiger partial charge is 0.304 e. The second kappa shape index (κ2) is 4.42. The monoisotopic (exact) mass is 146 g/mol. The number of rotatable bonds is 4. The fourth-order valence-corrected chi connectivity index (χ4v) is 0.697. The molecule has 0 aliphatic carbocycles. The predicted molar refractivity (Wildman–Crippen MR) is 39.4 cm³/mol. The minimum Gasteiger partial charge on any atom is -0.261 e. The smallest absolute Gasteiger partial charge is 0.261 e. The maximum atomic E-state index is 11.9. The van der Waals surface area contributed by atoms with Gasteiger partial charge in [-0.05, 0) is 12.3 Å². The fourth-order valence-electron chi connectivity index (χ4n) is 0.697. The van der Waals surface area contributed by atoms with Crippen molar-refractivity contribution in [2.24, 2.45) is 11.8 Å². The van der Waals surface area contributed by atoms with E-state index in [1.54, 1.807) is 6.92 Å². The van der Waals surface area contributed by atoms with Crippen LogP contribution >= 0.6 is 0 Å². The summed E-state index contributed by atoms with van der Waals surface area (Å²) in [6.45, 7) is 5.76. The van der Waals surface area contributed by atoms with E-state index < -0.39 is 12.0 Å². The van der Waals surface area contributed by atoms with E-state index in [4.69, 9.17) is 0 Å². The molecule has 0 amide bonds. The third kappa shape index (κ3) is 4.48. The van der Waals surface area contributed by atoms with Gasteiger partial charge in [0.05, 0.1) is 0 Å². The normalized spacial score (nSPS) is 13.7. The Kier molecular flexibility index (Phi) is 4.24. The van der Waals surface area contributed by atoms with Crippen LogP contribution in [0.2, 0.25) is 0 Å². The van der Waals surface area contributed by atoms with Gasteiger partial charge in [-0.3, -0.25) is 4.79 Å². The van der Waals surface area contributed by atoms with Crippen LogP contribution in [0.4, 0.5) is 4.39 Å². The van der Waals surface area contributed by atoms with Gasteiger partial charge in [0.25, 0.3) is 0 Å². The Morgan fingerprint density at radius 3 is 2.10 bits per heavy atom. The number of carbonyl (C=O) groups is 1. The Hall–Kier alpha value is -0.400. The van der Waals surface area contributed by atoms with Crippen molar-refractivity contribution in [3.8, 4) is 0 Å². The first-order valence-electron chi connectivity index (χ1n) is 3.73. The minimum absolute atomic E-state index is 0.401. The van der Waals surface area contributed by atoms with Crippen molar-refractivity contribution in [1.82, 2.24) is 0 Å². The van der Waals surface area contributed by atoms with Crippen molar-refractivity contribution >= 4 is 6.04 Å². The zero-order valence-electron chi connectivity index (χ0n) is 6.86. The molecule has 0 spiro atoms. The lowest BCUT2D eigenvalue weighted by atomic mass is 10.0. The molecule has 0 heterocycles. The molecular formula is C8H15FO. The van der Waals surface area contributed by atoms with Crippen LogP contribution in [0, 0.1) is 11.8 Å². The molecule has 1 atom stereocenters. The molecule has 0 aromatic heterocycles. The van der Waals surface area contributed by atoms with E-state index in [1.165, 1.54) is 0 Å². The molecule has 0 unspecified atom stereocenters. The van der Waals surface area contributed by atoms with Crippen LogP contribution in [0.15, 0.2) is 0 Å². The Bertz CT molecular complexity index is 110. The summed E-state index contributed by atoms with van der Waals surface area (Å²) in [5.74, 6) is 0.157. The SMILES string of the molecule is CC(C)CC[C@H](C)C(=O)F. The molecule has 10 heavy (non-hydrogen) atoms. The van der Waals surface area contributed by atoms with E-state index in [1.807, 2.05) is 0 Å². The highest BCUT2D eigenvalue weighted by atomic mass is 19.1. The summed E-state index contributed by atoms with van der Waals surface area (Å²) in [5.41, 5.74) is 0. The lowest BCUT2D eigenvalue weighted by Gasteiger charge is -2.06. The third-order valence-corrected chi connectivity index (χ3v) is 1.56. The molecule has 0 fully saturated rings. The molecule has 0 aromatic carbocycles. The van der Waals surface area contributed by atoms with Crippen LogP contribution < -0.4 is 0 Å². The number of halogens is 1. The number of hydrogen-bond acceptors (Lipinski definition) is 1. The van der Waals surface area contributed by atoms with Gasteiger partial charge in [-0.25, -0.2) is 0 Å². The van der Waals surface area contributed by atoms with E-state index in [-0.39, 0.29) is 0 Å². The lowest BCUT2D eigenvalue weighted by molar-refractivity contribution is -0.133. The van der Waals surface area contributed by atoms with E-state index in [9.17, 15) is 9.18 Å². The lowest BCUT2D eigenvalue weighted by Crippen LogP contribution is -2.05. The highest BCUT2D eigenvalue weighted by Gasteiger charge is 2.11. The maximum Gasteiger partial charge on any atom is 0.304 e. The molecule has 0 N–H and O–H groups in total. The van der Waals surface area contributed by atoms with Crippen LogP contribution in [0.5, 0.6) is 0 Å². The average Bonchev–Trinajstić information content (AvgIpc) is 1.82. The first-order chi connectivity index (χ1) is 4.54. The zero-order valence-corrected chi connectivity index (χ0v) is 6.86. The van der Waals surface area contributed by atoms with Crippen LogP contribution in [0.3, 0.4) is 0 Å².